The Morgan fingerprint density at radius 1 is 1.53 bits per heavy atom. The zero-order valence-electron chi connectivity index (χ0n) is 8.75. The van der Waals surface area contributed by atoms with Gasteiger partial charge in [0.25, 0.3) is 5.56 Å². The number of aromatic nitrogens is 2. The Balaban J connectivity index is 2.24. The fourth-order valence-corrected chi connectivity index (χ4v) is 1.96. The first kappa shape index (κ1) is 10.2. The van der Waals surface area contributed by atoms with Crippen LogP contribution in [0.1, 0.15) is 12.0 Å². The van der Waals surface area contributed by atoms with Crippen LogP contribution in [0.2, 0.25) is 0 Å². The zero-order valence-corrected chi connectivity index (χ0v) is 8.75. The predicted molar refractivity (Wildman–Crippen MR) is 57.0 cm³/mol. The summed E-state index contributed by atoms with van der Waals surface area (Å²) >= 11 is 0. The van der Waals surface area contributed by atoms with Crippen LogP contribution in [0.15, 0.2) is 15.8 Å². The molecule has 1 aromatic rings. The van der Waals surface area contributed by atoms with E-state index < -0.39 is 0 Å². The third-order valence-corrected chi connectivity index (χ3v) is 2.85. The molecule has 1 atom stereocenters. The standard InChI is InChI=1S/C10H15N3O2/c1-13-6-8(9(14)12-10(13)15)4-7-2-3-11-5-7/h6-7,11H,2-5H2,1H3,(H,12,14,15). The molecule has 0 saturated carbocycles. The van der Waals surface area contributed by atoms with Crippen molar-refractivity contribution in [3.63, 3.8) is 0 Å². The summed E-state index contributed by atoms with van der Waals surface area (Å²) < 4.78 is 1.42. The summed E-state index contributed by atoms with van der Waals surface area (Å²) in [5.41, 5.74) is 0.101. The van der Waals surface area contributed by atoms with Gasteiger partial charge in [0, 0.05) is 18.8 Å². The Morgan fingerprint density at radius 3 is 3.00 bits per heavy atom. The molecular weight excluding hydrogens is 194 g/mol. The van der Waals surface area contributed by atoms with Gasteiger partial charge in [-0.1, -0.05) is 0 Å². The van der Waals surface area contributed by atoms with E-state index in [1.807, 2.05) is 0 Å². The van der Waals surface area contributed by atoms with Crippen molar-refractivity contribution in [3.8, 4) is 0 Å². The Morgan fingerprint density at radius 2 is 2.33 bits per heavy atom. The van der Waals surface area contributed by atoms with Gasteiger partial charge < -0.3 is 9.88 Å². The Labute approximate surface area is 87.1 Å². The number of H-pyrrole nitrogens is 1. The van der Waals surface area contributed by atoms with Gasteiger partial charge in [0.05, 0.1) is 0 Å². The van der Waals surface area contributed by atoms with E-state index in [0.717, 1.165) is 25.9 Å². The van der Waals surface area contributed by atoms with Crippen LogP contribution in [0, 0.1) is 5.92 Å². The molecular formula is C10H15N3O2. The quantitative estimate of drug-likeness (QED) is 0.672. The second-order valence-corrected chi connectivity index (χ2v) is 4.09. The summed E-state index contributed by atoms with van der Waals surface area (Å²) in [5.74, 6) is 0.517. The molecule has 5 nitrogen and oxygen atoms in total. The lowest BCUT2D eigenvalue weighted by molar-refractivity contribution is 0.570. The maximum Gasteiger partial charge on any atom is 0.328 e. The molecule has 1 unspecified atom stereocenters. The maximum atomic E-state index is 11.5. The molecule has 82 valence electrons. The lowest BCUT2D eigenvalue weighted by Gasteiger charge is -2.07. The van der Waals surface area contributed by atoms with Crippen LogP contribution in [0.3, 0.4) is 0 Å². The van der Waals surface area contributed by atoms with E-state index in [2.05, 4.69) is 10.3 Å². The fourth-order valence-electron chi connectivity index (χ4n) is 1.96. The Hall–Kier alpha value is -1.36. The fraction of sp³-hybridized carbons (Fsp3) is 0.600. The molecule has 5 heteroatoms. The molecule has 0 bridgehead atoms. The van der Waals surface area contributed by atoms with E-state index >= 15 is 0 Å². The second-order valence-electron chi connectivity index (χ2n) is 4.09. The summed E-state index contributed by atoms with van der Waals surface area (Å²) in [6, 6.07) is 0. The van der Waals surface area contributed by atoms with Crippen molar-refractivity contribution in [2.45, 2.75) is 12.8 Å². The van der Waals surface area contributed by atoms with Crippen LogP contribution < -0.4 is 16.6 Å². The largest absolute Gasteiger partial charge is 0.328 e. The van der Waals surface area contributed by atoms with Gasteiger partial charge in [0.15, 0.2) is 0 Å². The first-order valence-corrected chi connectivity index (χ1v) is 5.16. The molecule has 1 aliphatic heterocycles. The lowest BCUT2D eigenvalue weighted by atomic mass is 10.0. The van der Waals surface area contributed by atoms with Gasteiger partial charge in [-0.05, 0) is 31.8 Å². The Kier molecular flexibility index (Phi) is 2.73. The molecule has 0 aliphatic carbocycles. The average molecular weight is 209 g/mol. The Bertz CT molecular complexity index is 454. The van der Waals surface area contributed by atoms with E-state index in [1.54, 1.807) is 13.2 Å². The summed E-state index contributed by atoms with van der Waals surface area (Å²) in [6.45, 7) is 1.98. The molecule has 1 fully saturated rings. The van der Waals surface area contributed by atoms with Crippen molar-refractivity contribution < 1.29 is 0 Å². The number of aromatic amines is 1. The third kappa shape index (κ3) is 2.18. The predicted octanol–water partition coefficient (Wildman–Crippen LogP) is -0.774. The highest BCUT2D eigenvalue weighted by atomic mass is 16.2. The van der Waals surface area contributed by atoms with Gasteiger partial charge in [-0.2, -0.15) is 0 Å². The zero-order chi connectivity index (χ0) is 10.8. The monoisotopic (exact) mass is 209 g/mol. The maximum absolute atomic E-state index is 11.5. The highest BCUT2D eigenvalue weighted by Gasteiger charge is 2.16. The SMILES string of the molecule is Cn1cc(CC2CCNC2)c(=O)[nH]c1=O. The first-order chi connectivity index (χ1) is 7.16. The van der Waals surface area contributed by atoms with Crippen LogP contribution in [0.25, 0.3) is 0 Å². The van der Waals surface area contributed by atoms with Gasteiger partial charge in [-0.3, -0.25) is 9.78 Å². The van der Waals surface area contributed by atoms with Crippen molar-refractivity contribution >= 4 is 0 Å². The molecule has 2 N–H and O–H groups in total. The van der Waals surface area contributed by atoms with Crippen molar-refractivity contribution in [2.75, 3.05) is 13.1 Å². The highest BCUT2D eigenvalue weighted by Crippen LogP contribution is 2.11. The molecule has 1 aliphatic rings. The van der Waals surface area contributed by atoms with Crippen LogP contribution in [-0.2, 0) is 13.5 Å². The van der Waals surface area contributed by atoms with E-state index in [1.165, 1.54) is 4.57 Å². The molecule has 0 radical (unpaired) electrons. The summed E-state index contributed by atoms with van der Waals surface area (Å²) in [5, 5.41) is 3.26. The molecule has 1 saturated heterocycles. The highest BCUT2D eigenvalue weighted by molar-refractivity contribution is 5.06. The van der Waals surface area contributed by atoms with Crippen molar-refractivity contribution in [2.24, 2.45) is 13.0 Å². The number of hydrogen-bond donors (Lipinski definition) is 2. The number of nitrogens with one attached hydrogen (secondary N) is 2. The lowest BCUT2D eigenvalue weighted by Crippen LogP contribution is -2.31. The second kappa shape index (κ2) is 4.02. The van der Waals surface area contributed by atoms with Crippen molar-refractivity contribution in [1.82, 2.24) is 14.9 Å². The van der Waals surface area contributed by atoms with Crippen molar-refractivity contribution in [1.29, 1.82) is 0 Å². The molecule has 0 aromatic carbocycles. The van der Waals surface area contributed by atoms with Crippen LogP contribution in [0.4, 0.5) is 0 Å². The van der Waals surface area contributed by atoms with E-state index in [-0.39, 0.29) is 11.2 Å². The molecule has 0 spiro atoms. The van der Waals surface area contributed by atoms with Gasteiger partial charge in [0.1, 0.15) is 0 Å². The summed E-state index contributed by atoms with van der Waals surface area (Å²) in [6.07, 6.45) is 3.48. The topological polar surface area (TPSA) is 66.9 Å². The minimum absolute atomic E-state index is 0.245. The number of nitrogens with zero attached hydrogens (tertiary/aromatic N) is 1. The molecule has 2 rings (SSSR count). The number of hydrogen-bond acceptors (Lipinski definition) is 3. The number of aryl methyl sites for hydroxylation is 1. The van der Waals surface area contributed by atoms with E-state index in [0.29, 0.717) is 11.5 Å². The molecule has 0 amide bonds. The third-order valence-electron chi connectivity index (χ3n) is 2.85. The van der Waals surface area contributed by atoms with Crippen LogP contribution in [0.5, 0.6) is 0 Å². The number of rotatable bonds is 2. The van der Waals surface area contributed by atoms with Gasteiger partial charge in [-0.25, -0.2) is 4.79 Å². The van der Waals surface area contributed by atoms with Crippen LogP contribution in [-0.4, -0.2) is 22.6 Å². The van der Waals surface area contributed by atoms with Gasteiger partial charge in [0.2, 0.25) is 0 Å². The molecule has 2 heterocycles. The van der Waals surface area contributed by atoms with Crippen molar-refractivity contribution in [3.05, 3.63) is 32.6 Å². The average Bonchev–Trinajstić information content (AvgIpc) is 2.67. The molecule has 15 heavy (non-hydrogen) atoms. The van der Waals surface area contributed by atoms with Gasteiger partial charge >= 0.3 is 5.69 Å². The minimum atomic E-state index is -0.353. The smallest absolute Gasteiger partial charge is 0.316 e. The summed E-state index contributed by atoms with van der Waals surface area (Å²) in [7, 11) is 1.65. The van der Waals surface area contributed by atoms with E-state index in [4.69, 9.17) is 0 Å². The minimum Gasteiger partial charge on any atom is -0.316 e. The molecule has 1 aromatic heterocycles. The summed E-state index contributed by atoms with van der Waals surface area (Å²) in [4.78, 5) is 24.9. The van der Waals surface area contributed by atoms with Crippen LogP contribution >= 0.6 is 0 Å². The van der Waals surface area contributed by atoms with E-state index in [9.17, 15) is 9.59 Å². The normalized spacial score (nSPS) is 20.7. The van der Waals surface area contributed by atoms with Gasteiger partial charge in [-0.15, -0.1) is 0 Å². The first-order valence-electron chi connectivity index (χ1n) is 5.16.